The number of imidazole rings is 1. The van der Waals surface area contributed by atoms with Gasteiger partial charge in [0.25, 0.3) is 0 Å². The first-order chi connectivity index (χ1) is 7.22. The Morgan fingerprint density at radius 1 is 1.47 bits per heavy atom. The van der Waals surface area contributed by atoms with Gasteiger partial charge in [0.15, 0.2) is 4.77 Å². The third-order valence-corrected chi connectivity index (χ3v) is 3.03. The molecule has 1 aromatic carbocycles. The lowest BCUT2D eigenvalue weighted by atomic mass is 10.3. The average Bonchev–Trinajstić information content (AvgIpc) is 2.65. The minimum absolute atomic E-state index is 0.666. The summed E-state index contributed by atoms with van der Waals surface area (Å²) in [7, 11) is 1.64. The molecule has 5 heteroatoms. The number of methoxy groups -OCH3 is 1. The number of aromatic amines is 1. The van der Waals surface area contributed by atoms with Gasteiger partial charge >= 0.3 is 0 Å². The van der Waals surface area contributed by atoms with Gasteiger partial charge in [-0.2, -0.15) is 0 Å². The van der Waals surface area contributed by atoms with Crippen molar-refractivity contribution >= 4 is 28.1 Å². The average molecular weight is 285 g/mol. The zero-order valence-corrected chi connectivity index (χ0v) is 10.4. The monoisotopic (exact) mass is 284 g/mol. The Morgan fingerprint density at radius 3 is 2.87 bits per heavy atom. The van der Waals surface area contributed by atoms with E-state index in [-0.39, 0.29) is 0 Å². The van der Waals surface area contributed by atoms with Gasteiger partial charge in [-0.15, -0.1) is 0 Å². The summed E-state index contributed by atoms with van der Waals surface area (Å²) in [6.45, 7) is 0. The van der Waals surface area contributed by atoms with Crippen LogP contribution in [0.3, 0.4) is 0 Å². The summed E-state index contributed by atoms with van der Waals surface area (Å²) in [5.74, 6) is 0.788. The number of hydrogen-bond acceptors (Lipinski definition) is 2. The molecular formula is C10H9BrN2OS. The van der Waals surface area contributed by atoms with Crippen LogP contribution in [-0.4, -0.2) is 16.7 Å². The molecule has 0 atom stereocenters. The Balaban J connectivity index is 2.55. The number of benzene rings is 1. The Labute approximate surface area is 101 Å². The zero-order valence-electron chi connectivity index (χ0n) is 8.03. The summed E-state index contributed by atoms with van der Waals surface area (Å²) >= 11 is 8.54. The summed E-state index contributed by atoms with van der Waals surface area (Å²) in [6.07, 6.45) is 3.68. The molecule has 0 amide bonds. The predicted molar refractivity (Wildman–Crippen MR) is 65.2 cm³/mol. The summed E-state index contributed by atoms with van der Waals surface area (Å²) in [5.41, 5.74) is 0.973. The number of rotatable bonds is 2. The number of nitrogens with zero attached hydrogens (tertiary/aromatic N) is 1. The van der Waals surface area contributed by atoms with E-state index in [4.69, 9.17) is 17.0 Å². The van der Waals surface area contributed by atoms with E-state index in [1.54, 1.807) is 13.3 Å². The van der Waals surface area contributed by atoms with E-state index in [0.717, 1.165) is 15.9 Å². The molecule has 3 nitrogen and oxygen atoms in total. The molecule has 15 heavy (non-hydrogen) atoms. The first-order valence-corrected chi connectivity index (χ1v) is 5.52. The maximum atomic E-state index is 5.22. The summed E-state index contributed by atoms with van der Waals surface area (Å²) in [4.78, 5) is 2.94. The summed E-state index contributed by atoms with van der Waals surface area (Å²) in [6, 6.07) is 5.83. The van der Waals surface area contributed by atoms with Crippen molar-refractivity contribution in [2.24, 2.45) is 0 Å². The highest BCUT2D eigenvalue weighted by Gasteiger charge is 2.03. The fourth-order valence-corrected chi connectivity index (χ4v) is 1.96. The van der Waals surface area contributed by atoms with Crippen LogP contribution in [0.25, 0.3) is 5.69 Å². The van der Waals surface area contributed by atoms with Gasteiger partial charge in [0.2, 0.25) is 0 Å². The lowest BCUT2D eigenvalue weighted by Gasteiger charge is -2.07. The molecule has 1 aromatic heterocycles. The van der Waals surface area contributed by atoms with Crippen LogP contribution in [-0.2, 0) is 0 Å². The molecule has 0 bridgehead atoms. The Bertz CT molecular complexity index is 532. The van der Waals surface area contributed by atoms with Crippen molar-refractivity contribution < 1.29 is 4.74 Å². The lowest BCUT2D eigenvalue weighted by Crippen LogP contribution is -1.93. The molecule has 2 rings (SSSR count). The number of halogens is 1. The van der Waals surface area contributed by atoms with Crippen LogP contribution < -0.4 is 4.74 Å². The second-order valence-corrected chi connectivity index (χ2v) is 4.20. The number of aromatic nitrogens is 2. The van der Waals surface area contributed by atoms with Crippen molar-refractivity contribution in [3.8, 4) is 11.4 Å². The first kappa shape index (κ1) is 10.4. The van der Waals surface area contributed by atoms with Gasteiger partial charge < -0.3 is 9.72 Å². The number of H-pyrrole nitrogens is 1. The molecule has 0 spiro atoms. The third kappa shape index (κ3) is 1.98. The smallest absolute Gasteiger partial charge is 0.181 e. The molecule has 0 unspecified atom stereocenters. The number of hydrogen-bond donors (Lipinski definition) is 1. The van der Waals surface area contributed by atoms with Gasteiger partial charge in [-0.05, 0) is 40.3 Å². The largest absolute Gasteiger partial charge is 0.495 e. The molecule has 1 heterocycles. The Kier molecular flexibility index (Phi) is 2.93. The Morgan fingerprint density at radius 2 is 2.27 bits per heavy atom. The minimum atomic E-state index is 0.666. The molecule has 0 fully saturated rings. The molecule has 0 radical (unpaired) electrons. The third-order valence-electron chi connectivity index (χ3n) is 2.06. The summed E-state index contributed by atoms with van der Waals surface area (Å²) < 4.78 is 8.69. The quantitative estimate of drug-likeness (QED) is 0.858. The second-order valence-electron chi connectivity index (χ2n) is 2.95. The van der Waals surface area contributed by atoms with Crippen LogP contribution in [0.4, 0.5) is 0 Å². The van der Waals surface area contributed by atoms with Gasteiger partial charge in [-0.1, -0.05) is 0 Å². The highest BCUT2D eigenvalue weighted by molar-refractivity contribution is 9.10. The maximum Gasteiger partial charge on any atom is 0.181 e. The van der Waals surface area contributed by atoms with Crippen molar-refractivity contribution in [2.75, 3.05) is 7.11 Å². The van der Waals surface area contributed by atoms with Gasteiger partial charge in [0, 0.05) is 18.5 Å². The van der Waals surface area contributed by atoms with Gasteiger partial charge in [0.05, 0.1) is 17.3 Å². The molecule has 1 N–H and O–H groups in total. The minimum Gasteiger partial charge on any atom is -0.495 e. The van der Waals surface area contributed by atoms with Crippen LogP contribution >= 0.6 is 28.1 Å². The van der Waals surface area contributed by atoms with Crippen molar-refractivity contribution in [2.45, 2.75) is 0 Å². The normalized spacial score (nSPS) is 10.3. The second kappa shape index (κ2) is 4.20. The van der Waals surface area contributed by atoms with E-state index < -0.39 is 0 Å². The molecule has 0 aliphatic rings. The lowest BCUT2D eigenvalue weighted by molar-refractivity contribution is 0.412. The highest BCUT2D eigenvalue weighted by atomic mass is 79.9. The van der Waals surface area contributed by atoms with Gasteiger partial charge in [-0.3, -0.25) is 4.57 Å². The fourth-order valence-electron chi connectivity index (χ4n) is 1.32. The van der Waals surface area contributed by atoms with E-state index in [1.807, 2.05) is 29.0 Å². The Hall–Kier alpha value is -1.07. The summed E-state index contributed by atoms with van der Waals surface area (Å²) in [5, 5.41) is 0. The van der Waals surface area contributed by atoms with Crippen molar-refractivity contribution in [1.82, 2.24) is 9.55 Å². The zero-order chi connectivity index (χ0) is 10.8. The van der Waals surface area contributed by atoms with E-state index in [9.17, 15) is 0 Å². The van der Waals surface area contributed by atoms with Crippen LogP contribution in [0.2, 0.25) is 0 Å². The standard InChI is InChI=1S/C10H9BrN2OS/c1-14-9-6-7(2-3-8(9)11)13-5-4-12-10(13)15/h2-6H,1H3,(H,12,15). The van der Waals surface area contributed by atoms with Crippen LogP contribution in [0.1, 0.15) is 0 Å². The maximum absolute atomic E-state index is 5.22. The molecule has 0 saturated carbocycles. The topological polar surface area (TPSA) is 29.9 Å². The fraction of sp³-hybridized carbons (Fsp3) is 0.100. The van der Waals surface area contributed by atoms with Crippen molar-refractivity contribution in [3.63, 3.8) is 0 Å². The number of ether oxygens (including phenoxy) is 1. The van der Waals surface area contributed by atoms with Crippen LogP contribution in [0, 0.1) is 4.77 Å². The van der Waals surface area contributed by atoms with Gasteiger partial charge in [-0.25, -0.2) is 0 Å². The highest BCUT2D eigenvalue weighted by Crippen LogP contribution is 2.27. The molecule has 2 aromatic rings. The van der Waals surface area contributed by atoms with E-state index in [0.29, 0.717) is 4.77 Å². The van der Waals surface area contributed by atoms with Crippen LogP contribution in [0.5, 0.6) is 5.75 Å². The van der Waals surface area contributed by atoms with E-state index in [2.05, 4.69) is 20.9 Å². The van der Waals surface area contributed by atoms with Crippen molar-refractivity contribution in [3.05, 3.63) is 39.8 Å². The molecule has 0 saturated heterocycles. The molecule has 0 aliphatic heterocycles. The molecule has 0 aliphatic carbocycles. The molecular weight excluding hydrogens is 276 g/mol. The van der Waals surface area contributed by atoms with Gasteiger partial charge in [0.1, 0.15) is 5.75 Å². The van der Waals surface area contributed by atoms with E-state index >= 15 is 0 Å². The van der Waals surface area contributed by atoms with E-state index in [1.165, 1.54) is 0 Å². The first-order valence-electron chi connectivity index (χ1n) is 4.32. The van der Waals surface area contributed by atoms with Crippen LogP contribution in [0.15, 0.2) is 35.1 Å². The van der Waals surface area contributed by atoms with Crippen molar-refractivity contribution in [1.29, 1.82) is 0 Å². The predicted octanol–water partition coefficient (Wildman–Crippen LogP) is 3.31. The SMILES string of the molecule is COc1cc(-n2cc[nH]c2=S)ccc1Br. The number of nitrogens with one attached hydrogen (secondary N) is 1. The molecule has 78 valence electrons.